The number of carbonyl (C=O) groups excluding carboxylic acids is 1. The molecule has 0 fully saturated rings. The normalized spacial score (nSPS) is 15.1. The van der Waals surface area contributed by atoms with Gasteiger partial charge in [0, 0.05) is 5.92 Å². The molecule has 0 saturated carbocycles. The van der Waals surface area contributed by atoms with Crippen LogP contribution >= 0.6 is 0 Å². The number of nitrogens with one attached hydrogen (secondary N) is 1. The lowest BCUT2D eigenvalue weighted by atomic mass is 10.0. The maximum Gasteiger partial charge on any atom is 0.228 e. The minimum Gasteiger partial charge on any atom is -0.385 e. The molecular weight excluding hydrogens is 224 g/mol. The van der Waals surface area contributed by atoms with E-state index in [1.165, 1.54) is 5.57 Å². The Morgan fingerprint density at radius 1 is 1.33 bits per heavy atom. The Morgan fingerprint density at radius 2 is 1.94 bits per heavy atom. The van der Waals surface area contributed by atoms with Gasteiger partial charge in [-0.2, -0.15) is 0 Å². The Morgan fingerprint density at radius 3 is 2.39 bits per heavy atom. The molecule has 0 rings (SSSR count). The Labute approximate surface area is 112 Å². The van der Waals surface area contributed by atoms with Crippen molar-refractivity contribution in [2.75, 3.05) is 0 Å². The first-order valence-corrected chi connectivity index (χ1v) is 6.94. The second-order valence-electron chi connectivity index (χ2n) is 4.72. The molecule has 18 heavy (non-hydrogen) atoms. The highest BCUT2D eigenvalue weighted by molar-refractivity contribution is 5.80. The molecule has 3 N–H and O–H groups in total. The highest BCUT2D eigenvalue weighted by Crippen LogP contribution is 2.17. The van der Waals surface area contributed by atoms with Gasteiger partial charge < -0.3 is 11.1 Å². The Balaban J connectivity index is 4.87. The third-order valence-electron chi connectivity index (χ3n) is 3.17. The Hall–Kier alpha value is -1.25. The standard InChI is InChI=1S/C15H28N2O/c1-6-9-13(10-7-2)12(5)14(16)17-15(18)11(4)8-3/h9,11H,6-8,10,16H2,1-5H3,(H,17,18)/b13-9-,14-12+. The first kappa shape index (κ1) is 16.8. The second kappa shape index (κ2) is 8.78. The zero-order valence-electron chi connectivity index (χ0n) is 12.5. The van der Waals surface area contributed by atoms with E-state index < -0.39 is 0 Å². The zero-order chi connectivity index (χ0) is 14.1. The molecule has 0 heterocycles. The molecule has 3 nitrogen and oxygen atoms in total. The van der Waals surface area contributed by atoms with Crippen LogP contribution < -0.4 is 11.1 Å². The van der Waals surface area contributed by atoms with Crippen molar-refractivity contribution < 1.29 is 4.79 Å². The predicted octanol–water partition coefficient (Wildman–Crippen LogP) is 3.48. The van der Waals surface area contributed by atoms with E-state index in [9.17, 15) is 4.79 Å². The molecule has 0 aromatic carbocycles. The number of nitrogens with two attached hydrogens (primary N) is 1. The van der Waals surface area contributed by atoms with E-state index in [1.54, 1.807) is 0 Å². The van der Waals surface area contributed by atoms with Crippen LogP contribution in [0, 0.1) is 5.92 Å². The van der Waals surface area contributed by atoms with Crippen molar-refractivity contribution in [2.24, 2.45) is 11.7 Å². The maximum atomic E-state index is 11.8. The molecule has 1 unspecified atom stereocenters. The van der Waals surface area contributed by atoms with Gasteiger partial charge in [-0.25, -0.2) is 0 Å². The third-order valence-corrected chi connectivity index (χ3v) is 3.17. The van der Waals surface area contributed by atoms with Crippen molar-refractivity contribution in [2.45, 2.75) is 60.3 Å². The first-order valence-electron chi connectivity index (χ1n) is 6.94. The largest absolute Gasteiger partial charge is 0.385 e. The number of allylic oxidation sites excluding steroid dienone is 3. The molecule has 0 saturated heterocycles. The topological polar surface area (TPSA) is 55.1 Å². The van der Waals surface area contributed by atoms with Crippen LogP contribution in [-0.4, -0.2) is 5.91 Å². The van der Waals surface area contributed by atoms with Gasteiger partial charge in [0.1, 0.15) is 5.82 Å². The molecule has 0 aliphatic carbocycles. The monoisotopic (exact) mass is 252 g/mol. The van der Waals surface area contributed by atoms with Gasteiger partial charge in [0.15, 0.2) is 0 Å². The summed E-state index contributed by atoms with van der Waals surface area (Å²) in [5.41, 5.74) is 8.21. The molecular formula is C15H28N2O. The van der Waals surface area contributed by atoms with Crippen LogP contribution in [0.1, 0.15) is 60.3 Å². The van der Waals surface area contributed by atoms with Crippen molar-refractivity contribution in [1.82, 2.24) is 5.32 Å². The highest BCUT2D eigenvalue weighted by Gasteiger charge is 2.12. The van der Waals surface area contributed by atoms with Gasteiger partial charge in [0.25, 0.3) is 0 Å². The zero-order valence-corrected chi connectivity index (χ0v) is 12.5. The molecule has 1 atom stereocenters. The maximum absolute atomic E-state index is 11.8. The summed E-state index contributed by atoms with van der Waals surface area (Å²) in [7, 11) is 0. The van der Waals surface area contributed by atoms with Gasteiger partial charge in [-0.1, -0.05) is 40.2 Å². The fourth-order valence-corrected chi connectivity index (χ4v) is 1.67. The van der Waals surface area contributed by atoms with Crippen molar-refractivity contribution in [3.63, 3.8) is 0 Å². The molecule has 0 bridgehead atoms. The van der Waals surface area contributed by atoms with E-state index in [0.717, 1.165) is 31.3 Å². The number of hydrogen-bond acceptors (Lipinski definition) is 2. The number of hydrogen-bond donors (Lipinski definition) is 2. The Bertz CT molecular complexity index is 329. The van der Waals surface area contributed by atoms with Gasteiger partial charge >= 0.3 is 0 Å². The van der Waals surface area contributed by atoms with Crippen LogP contribution in [0.2, 0.25) is 0 Å². The number of carbonyl (C=O) groups is 1. The lowest BCUT2D eigenvalue weighted by Crippen LogP contribution is -2.32. The molecule has 0 aliphatic heterocycles. The molecule has 104 valence electrons. The van der Waals surface area contributed by atoms with Gasteiger partial charge in [0.2, 0.25) is 5.91 Å². The van der Waals surface area contributed by atoms with E-state index in [1.807, 2.05) is 20.8 Å². The Kier molecular flexibility index (Phi) is 8.17. The summed E-state index contributed by atoms with van der Waals surface area (Å²) in [6.07, 6.45) is 6.07. The van der Waals surface area contributed by atoms with Crippen molar-refractivity contribution in [1.29, 1.82) is 0 Å². The molecule has 0 radical (unpaired) electrons. The van der Waals surface area contributed by atoms with E-state index in [0.29, 0.717) is 5.82 Å². The quantitative estimate of drug-likeness (QED) is 0.682. The summed E-state index contributed by atoms with van der Waals surface area (Å²) in [4.78, 5) is 11.8. The van der Waals surface area contributed by atoms with Gasteiger partial charge in [-0.3, -0.25) is 4.79 Å². The fourth-order valence-electron chi connectivity index (χ4n) is 1.67. The molecule has 0 aromatic heterocycles. The average Bonchev–Trinajstić information content (AvgIpc) is 2.36. The SMILES string of the molecule is CC/C=C(CCC)\C(C)=C(/N)NC(=O)C(C)CC. The predicted molar refractivity (Wildman–Crippen MR) is 77.8 cm³/mol. The molecule has 0 aliphatic rings. The van der Waals surface area contributed by atoms with E-state index in [4.69, 9.17) is 5.73 Å². The van der Waals surface area contributed by atoms with Crippen LogP contribution in [0.25, 0.3) is 0 Å². The van der Waals surface area contributed by atoms with Crippen LogP contribution in [0.3, 0.4) is 0 Å². The highest BCUT2D eigenvalue weighted by atomic mass is 16.1. The lowest BCUT2D eigenvalue weighted by molar-refractivity contribution is -0.123. The summed E-state index contributed by atoms with van der Waals surface area (Å²) in [5, 5.41) is 2.81. The summed E-state index contributed by atoms with van der Waals surface area (Å²) in [6, 6.07) is 0. The third kappa shape index (κ3) is 5.39. The molecule has 3 heteroatoms. The van der Waals surface area contributed by atoms with Crippen LogP contribution in [-0.2, 0) is 4.79 Å². The minimum absolute atomic E-state index is 0.00105. The van der Waals surface area contributed by atoms with Crippen LogP contribution in [0.5, 0.6) is 0 Å². The van der Waals surface area contributed by atoms with Gasteiger partial charge in [-0.05, 0) is 37.3 Å². The van der Waals surface area contributed by atoms with Crippen molar-refractivity contribution in [3.8, 4) is 0 Å². The van der Waals surface area contributed by atoms with Gasteiger partial charge in [0.05, 0.1) is 0 Å². The van der Waals surface area contributed by atoms with Gasteiger partial charge in [-0.15, -0.1) is 0 Å². The number of rotatable bonds is 7. The number of amides is 1. The second-order valence-corrected chi connectivity index (χ2v) is 4.72. The van der Waals surface area contributed by atoms with Crippen LogP contribution in [0.15, 0.2) is 23.0 Å². The van der Waals surface area contributed by atoms with Crippen LogP contribution in [0.4, 0.5) is 0 Å². The first-order chi connectivity index (χ1) is 8.47. The van der Waals surface area contributed by atoms with E-state index >= 15 is 0 Å². The summed E-state index contributed by atoms with van der Waals surface area (Å²) in [5.74, 6) is 0.497. The van der Waals surface area contributed by atoms with E-state index in [2.05, 4.69) is 25.2 Å². The minimum atomic E-state index is 0.00105. The van der Waals surface area contributed by atoms with Crippen molar-refractivity contribution >= 4 is 5.91 Å². The lowest BCUT2D eigenvalue weighted by Gasteiger charge is -2.14. The summed E-state index contributed by atoms with van der Waals surface area (Å²) >= 11 is 0. The summed E-state index contributed by atoms with van der Waals surface area (Å²) in [6.45, 7) is 10.1. The molecule has 0 spiro atoms. The summed E-state index contributed by atoms with van der Waals surface area (Å²) < 4.78 is 0. The smallest absolute Gasteiger partial charge is 0.228 e. The average molecular weight is 252 g/mol. The molecule has 0 aromatic rings. The van der Waals surface area contributed by atoms with E-state index in [-0.39, 0.29) is 11.8 Å². The van der Waals surface area contributed by atoms with Crippen molar-refractivity contribution in [3.05, 3.63) is 23.0 Å². The fraction of sp³-hybridized carbons (Fsp3) is 0.667. The molecule has 1 amide bonds.